The fraction of sp³-hybridized carbons (Fsp3) is 0.455. The van der Waals surface area contributed by atoms with E-state index in [1.54, 1.807) is 34.9 Å². The highest BCUT2D eigenvalue weighted by atomic mass is 32.1. The predicted octanol–water partition coefficient (Wildman–Crippen LogP) is 1.58. The van der Waals surface area contributed by atoms with E-state index in [0.29, 0.717) is 54.5 Å². The molecule has 10 nitrogen and oxygen atoms in total. The normalized spacial score (nSPS) is 16.7. The molecule has 3 heterocycles. The second-order valence-electron chi connectivity index (χ2n) is 8.29. The Labute approximate surface area is 195 Å². The number of carbonyl (C=O) groups is 4. The van der Waals surface area contributed by atoms with Crippen LogP contribution in [0, 0.1) is 12.8 Å². The van der Waals surface area contributed by atoms with Crippen LogP contribution in [0.4, 0.5) is 11.4 Å². The van der Waals surface area contributed by atoms with E-state index in [0.717, 1.165) is 30.8 Å². The molecule has 2 fully saturated rings. The highest BCUT2D eigenvalue weighted by Gasteiger charge is 2.27. The number of hydrogen-bond acceptors (Lipinski definition) is 7. The average molecular weight is 471 g/mol. The number of likely N-dealkylation sites (tertiary alicyclic amines) is 1. The van der Waals surface area contributed by atoms with Gasteiger partial charge in [0.25, 0.3) is 5.91 Å². The molecule has 0 unspecified atom stereocenters. The van der Waals surface area contributed by atoms with Gasteiger partial charge in [0.2, 0.25) is 5.91 Å². The molecule has 33 heavy (non-hydrogen) atoms. The van der Waals surface area contributed by atoms with E-state index in [9.17, 15) is 19.2 Å². The van der Waals surface area contributed by atoms with Crippen LogP contribution in [-0.4, -0.2) is 64.3 Å². The van der Waals surface area contributed by atoms with E-state index in [2.05, 4.69) is 20.2 Å². The summed E-state index contributed by atoms with van der Waals surface area (Å²) in [4.78, 5) is 53.1. The summed E-state index contributed by atoms with van der Waals surface area (Å²) in [6.07, 6.45) is 2.82. The number of nitrogens with zero attached hydrogens (tertiary/aromatic N) is 4. The summed E-state index contributed by atoms with van der Waals surface area (Å²) < 4.78 is 3.82. The first-order valence-corrected chi connectivity index (χ1v) is 11.8. The van der Waals surface area contributed by atoms with Gasteiger partial charge in [-0.1, -0.05) is 10.6 Å². The van der Waals surface area contributed by atoms with Crippen molar-refractivity contribution >= 4 is 46.5 Å². The van der Waals surface area contributed by atoms with Gasteiger partial charge in [-0.25, -0.2) is 0 Å². The maximum Gasteiger partial charge on any atom is 0.313 e. The number of benzene rings is 1. The van der Waals surface area contributed by atoms with E-state index in [1.807, 2.05) is 6.07 Å². The van der Waals surface area contributed by atoms with Crippen LogP contribution in [0.25, 0.3) is 0 Å². The predicted molar refractivity (Wildman–Crippen MR) is 123 cm³/mol. The number of nitrogens with one attached hydrogen (secondary N) is 2. The van der Waals surface area contributed by atoms with Gasteiger partial charge in [-0.2, -0.15) is 0 Å². The number of hydrogen-bond donors (Lipinski definition) is 2. The standard InChI is InChI=1S/C22H26N6O4S/c1-14-19(33-26-25-14)22(32)27-10-7-15(8-11-27)13-23-20(30)21(31)24-16-4-2-5-17(12-16)28-9-3-6-18(28)29/h2,4-5,12,15H,3,6-11,13H2,1H3,(H,23,30)(H,24,31). The molecule has 2 saturated heterocycles. The second kappa shape index (κ2) is 10.1. The number of rotatable bonds is 5. The Hall–Kier alpha value is -3.34. The number of anilines is 2. The summed E-state index contributed by atoms with van der Waals surface area (Å²) in [6.45, 7) is 3.97. The van der Waals surface area contributed by atoms with Gasteiger partial charge in [0.05, 0.1) is 5.69 Å². The lowest BCUT2D eigenvalue weighted by Crippen LogP contribution is -2.43. The molecule has 1 aromatic carbocycles. The van der Waals surface area contributed by atoms with Crippen molar-refractivity contribution in [2.24, 2.45) is 5.92 Å². The Balaban J connectivity index is 1.23. The molecule has 11 heteroatoms. The van der Waals surface area contributed by atoms with Gasteiger partial charge in [-0.15, -0.1) is 5.10 Å². The molecule has 2 N–H and O–H groups in total. The fourth-order valence-electron chi connectivity index (χ4n) is 4.09. The molecule has 0 bridgehead atoms. The first kappa shape index (κ1) is 22.8. The molecule has 0 radical (unpaired) electrons. The fourth-order valence-corrected chi connectivity index (χ4v) is 4.71. The van der Waals surface area contributed by atoms with Crippen molar-refractivity contribution in [2.45, 2.75) is 32.6 Å². The maximum atomic E-state index is 12.6. The Morgan fingerprint density at radius 3 is 2.61 bits per heavy atom. The number of amides is 4. The maximum absolute atomic E-state index is 12.6. The zero-order valence-electron chi connectivity index (χ0n) is 18.4. The topological polar surface area (TPSA) is 125 Å². The highest BCUT2D eigenvalue weighted by Crippen LogP contribution is 2.24. The molecule has 0 spiro atoms. The van der Waals surface area contributed by atoms with E-state index >= 15 is 0 Å². The lowest BCUT2D eigenvalue weighted by atomic mass is 9.96. The summed E-state index contributed by atoms with van der Waals surface area (Å²) in [7, 11) is 0. The monoisotopic (exact) mass is 470 g/mol. The molecule has 4 rings (SSSR count). The smallest absolute Gasteiger partial charge is 0.313 e. The summed E-state index contributed by atoms with van der Waals surface area (Å²) in [5.74, 6) is -1.26. The molecule has 0 aliphatic carbocycles. The van der Waals surface area contributed by atoms with Gasteiger partial charge in [-0.3, -0.25) is 19.2 Å². The van der Waals surface area contributed by atoms with Crippen LogP contribution in [0.15, 0.2) is 24.3 Å². The minimum Gasteiger partial charge on any atom is -0.348 e. The van der Waals surface area contributed by atoms with Crippen LogP contribution in [0.3, 0.4) is 0 Å². The van der Waals surface area contributed by atoms with Crippen LogP contribution >= 0.6 is 11.5 Å². The summed E-state index contributed by atoms with van der Waals surface area (Å²) in [5, 5.41) is 9.18. The van der Waals surface area contributed by atoms with Crippen molar-refractivity contribution in [1.29, 1.82) is 0 Å². The van der Waals surface area contributed by atoms with Crippen LogP contribution in [-0.2, 0) is 14.4 Å². The largest absolute Gasteiger partial charge is 0.348 e. The van der Waals surface area contributed by atoms with Crippen LogP contribution in [0.1, 0.15) is 41.0 Å². The minimum absolute atomic E-state index is 0.0535. The second-order valence-corrected chi connectivity index (χ2v) is 9.04. The molecular weight excluding hydrogens is 444 g/mol. The van der Waals surface area contributed by atoms with E-state index < -0.39 is 11.8 Å². The zero-order valence-corrected chi connectivity index (χ0v) is 19.2. The van der Waals surface area contributed by atoms with Gasteiger partial charge in [-0.05, 0) is 61.8 Å². The number of aryl methyl sites for hydroxylation is 1. The molecule has 4 amide bonds. The SMILES string of the molecule is Cc1nnsc1C(=O)N1CCC(CNC(=O)C(=O)Nc2cccc(N3CCCC3=O)c2)CC1. The van der Waals surface area contributed by atoms with E-state index in [1.165, 1.54) is 0 Å². The molecular formula is C22H26N6O4S. The first-order chi connectivity index (χ1) is 15.9. The Morgan fingerprint density at radius 1 is 1.15 bits per heavy atom. The Morgan fingerprint density at radius 2 is 1.94 bits per heavy atom. The van der Waals surface area contributed by atoms with Crippen molar-refractivity contribution < 1.29 is 19.2 Å². The minimum atomic E-state index is -0.749. The van der Waals surface area contributed by atoms with Crippen molar-refractivity contribution in [2.75, 3.05) is 36.4 Å². The molecule has 2 aliphatic rings. The molecule has 2 aromatic rings. The molecule has 2 aliphatic heterocycles. The third-order valence-corrected chi connectivity index (χ3v) is 6.81. The summed E-state index contributed by atoms with van der Waals surface area (Å²) in [6, 6.07) is 6.93. The number of aromatic nitrogens is 2. The lowest BCUT2D eigenvalue weighted by molar-refractivity contribution is -0.136. The highest BCUT2D eigenvalue weighted by molar-refractivity contribution is 7.07. The third-order valence-electron chi connectivity index (χ3n) is 5.99. The third kappa shape index (κ3) is 5.36. The van der Waals surface area contributed by atoms with Gasteiger partial charge in [0.1, 0.15) is 4.88 Å². The number of piperidine rings is 1. The van der Waals surface area contributed by atoms with Crippen molar-refractivity contribution in [3.8, 4) is 0 Å². The molecule has 174 valence electrons. The lowest BCUT2D eigenvalue weighted by Gasteiger charge is -2.31. The van der Waals surface area contributed by atoms with Crippen molar-refractivity contribution in [3.63, 3.8) is 0 Å². The average Bonchev–Trinajstić information content (AvgIpc) is 3.45. The van der Waals surface area contributed by atoms with Crippen LogP contribution < -0.4 is 15.5 Å². The van der Waals surface area contributed by atoms with E-state index in [4.69, 9.17) is 0 Å². The Kier molecular flexibility index (Phi) is 6.97. The molecule has 0 saturated carbocycles. The Bertz CT molecular complexity index is 1060. The van der Waals surface area contributed by atoms with Gasteiger partial charge >= 0.3 is 11.8 Å². The molecule has 0 atom stereocenters. The van der Waals surface area contributed by atoms with Gasteiger partial charge < -0.3 is 20.4 Å². The van der Waals surface area contributed by atoms with Gasteiger partial charge in [0.15, 0.2) is 0 Å². The molecule has 1 aromatic heterocycles. The van der Waals surface area contributed by atoms with Crippen LogP contribution in [0.5, 0.6) is 0 Å². The van der Waals surface area contributed by atoms with Crippen molar-refractivity contribution in [1.82, 2.24) is 19.8 Å². The first-order valence-electron chi connectivity index (χ1n) is 11.0. The quantitative estimate of drug-likeness (QED) is 0.640. The summed E-state index contributed by atoms with van der Waals surface area (Å²) >= 11 is 1.11. The zero-order chi connectivity index (χ0) is 23.4. The van der Waals surface area contributed by atoms with Crippen molar-refractivity contribution in [3.05, 3.63) is 34.8 Å². The van der Waals surface area contributed by atoms with Gasteiger partial charge in [0, 0.05) is 44.0 Å². The summed E-state index contributed by atoms with van der Waals surface area (Å²) in [5.41, 5.74) is 1.82. The van der Waals surface area contributed by atoms with E-state index in [-0.39, 0.29) is 17.7 Å². The van der Waals surface area contributed by atoms with Crippen LogP contribution in [0.2, 0.25) is 0 Å². The number of carbonyl (C=O) groups excluding carboxylic acids is 4.